The highest BCUT2D eigenvalue weighted by Gasteiger charge is 2.15. The fourth-order valence-corrected chi connectivity index (χ4v) is 2.07. The molecule has 0 fully saturated rings. The van der Waals surface area contributed by atoms with Gasteiger partial charge in [-0.15, -0.1) is 0 Å². The first-order chi connectivity index (χ1) is 10.0. The molecule has 2 rings (SSSR count). The Hall–Kier alpha value is -2.49. The topological polar surface area (TPSA) is 66.8 Å². The number of rotatable bonds is 5. The number of hydrogen-bond acceptors (Lipinski definition) is 4. The standard InChI is InChI=1S/C17H18O4/c1-3-12-8-13(15(19)9-14(12)18)16(20)10-21-17-7-5-4-6-11(17)2/h4-9,18-19H,3,10H2,1-2H3. The third kappa shape index (κ3) is 3.34. The molecule has 4 nitrogen and oxygen atoms in total. The Balaban J connectivity index is 2.16. The predicted octanol–water partition coefficient (Wildman–Crippen LogP) is 3.23. The molecule has 0 saturated carbocycles. The van der Waals surface area contributed by atoms with Crippen LogP contribution in [0.5, 0.6) is 17.2 Å². The quantitative estimate of drug-likeness (QED) is 0.828. The predicted molar refractivity (Wildman–Crippen MR) is 80.2 cm³/mol. The maximum Gasteiger partial charge on any atom is 0.203 e. The van der Waals surface area contributed by atoms with E-state index in [0.29, 0.717) is 17.7 Å². The van der Waals surface area contributed by atoms with Crippen LogP contribution < -0.4 is 4.74 Å². The zero-order valence-corrected chi connectivity index (χ0v) is 12.1. The van der Waals surface area contributed by atoms with Crippen molar-refractivity contribution in [3.63, 3.8) is 0 Å². The van der Waals surface area contributed by atoms with Gasteiger partial charge in [-0.2, -0.15) is 0 Å². The molecule has 0 aliphatic carbocycles. The van der Waals surface area contributed by atoms with E-state index in [4.69, 9.17) is 4.74 Å². The van der Waals surface area contributed by atoms with Crippen LogP contribution in [0.25, 0.3) is 0 Å². The minimum absolute atomic E-state index is 0.00799. The monoisotopic (exact) mass is 286 g/mol. The molecule has 2 aromatic carbocycles. The number of aryl methyl sites for hydroxylation is 2. The van der Waals surface area contributed by atoms with Crippen molar-refractivity contribution in [2.75, 3.05) is 6.61 Å². The number of benzene rings is 2. The van der Waals surface area contributed by atoms with E-state index in [-0.39, 0.29) is 29.5 Å². The first-order valence-electron chi connectivity index (χ1n) is 6.79. The third-order valence-corrected chi connectivity index (χ3v) is 3.33. The molecule has 0 aliphatic rings. The number of aromatic hydroxyl groups is 2. The Morgan fingerprint density at radius 3 is 2.52 bits per heavy atom. The molecule has 0 saturated heterocycles. The van der Waals surface area contributed by atoms with Gasteiger partial charge in [-0.3, -0.25) is 4.79 Å². The van der Waals surface area contributed by atoms with Crippen LogP contribution in [0.1, 0.15) is 28.4 Å². The second-order valence-corrected chi connectivity index (χ2v) is 4.83. The molecule has 0 amide bonds. The van der Waals surface area contributed by atoms with Gasteiger partial charge in [0.25, 0.3) is 0 Å². The number of para-hydroxylation sites is 1. The molecule has 0 aromatic heterocycles. The molecule has 4 heteroatoms. The number of hydrogen-bond donors (Lipinski definition) is 2. The highest BCUT2D eigenvalue weighted by molar-refractivity contribution is 6.00. The van der Waals surface area contributed by atoms with Crippen LogP contribution in [-0.4, -0.2) is 22.6 Å². The van der Waals surface area contributed by atoms with Crippen LogP contribution in [-0.2, 0) is 6.42 Å². The molecular weight excluding hydrogens is 268 g/mol. The molecule has 2 aromatic rings. The van der Waals surface area contributed by atoms with Crippen molar-refractivity contribution < 1.29 is 19.7 Å². The summed E-state index contributed by atoms with van der Waals surface area (Å²) >= 11 is 0. The highest BCUT2D eigenvalue weighted by Crippen LogP contribution is 2.28. The Morgan fingerprint density at radius 2 is 1.86 bits per heavy atom. The fraction of sp³-hybridized carbons (Fsp3) is 0.235. The smallest absolute Gasteiger partial charge is 0.203 e. The molecule has 0 atom stereocenters. The molecule has 0 radical (unpaired) electrons. The average molecular weight is 286 g/mol. The molecule has 2 N–H and O–H groups in total. The number of phenolic OH excluding ortho intramolecular Hbond substituents is 2. The second-order valence-electron chi connectivity index (χ2n) is 4.83. The van der Waals surface area contributed by atoms with Gasteiger partial charge in [-0.25, -0.2) is 0 Å². The lowest BCUT2D eigenvalue weighted by molar-refractivity contribution is 0.0918. The molecular formula is C17H18O4. The van der Waals surface area contributed by atoms with Crippen molar-refractivity contribution in [2.24, 2.45) is 0 Å². The van der Waals surface area contributed by atoms with E-state index in [2.05, 4.69) is 0 Å². The second kappa shape index (κ2) is 6.31. The summed E-state index contributed by atoms with van der Waals surface area (Å²) in [5.41, 5.74) is 1.72. The summed E-state index contributed by atoms with van der Waals surface area (Å²) in [7, 11) is 0. The van der Waals surface area contributed by atoms with Crippen LogP contribution in [0, 0.1) is 6.92 Å². The van der Waals surface area contributed by atoms with E-state index >= 15 is 0 Å². The SMILES string of the molecule is CCc1cc(C(=O)COc2ccccc2C)c(O)cc1O. The summed E-state index contributed by atoms with van der Waals surface area (Å²) in [6, 6.07) is 10.1. The van der Waals surface area contributed by atoms with Crippen molar-refractivity contribution >= 4 is 5.78 Å². The molecule has 110 valence electrons. The first kappa shape index (κ1) is 14.9. The number of carbonyl (C=O) groups is 1. The van der Waals surface area contributed by atoms with Gasteiger partial charge >= 0.3 is 0 Å². The maximum absolute atomic E-state index is 12.2. The van der Waals surface area contributed by atoms with Gasteiger partial charge in [0, 0.05) is 6.07 Å². The van der Waals surface area contributed by atoms with Crippen molar-refractivity contribution in [3.8, 4) is 17.2 Å². The first-order valence-corrected chi connectivity index (χ1v) is 6.79. The number of phenols is 2. The minimum Gasteiger partial charge on any atom is -0.508 e. The third-order valence-electron chi connectivity index (χ3n) is 3.33. The van der Waals surface area contributed by atoms with Crippen LogP contribution in [0.2, 0.25) is 0 Å². The zero-order chi connectivity index (χ0) is 15.4. The number of Topliss-reactive ketones (excluding diaryl/α,β-unsaturated/α-hetero) is 1. The van der Waals surface area contributed by atoms with Crippen molar-refractivity contribution in [2.45, 2.75) is 20.3 Å². The zero-order valence-electron chi connectivity index (χ0n) is 12.1. The Morgan fingerprint density at radius 1 is 1.14 bits per heavy atom. The Labute approximate surface area is 123 Å². The van der Waals surface area contributed by atoms with Gasteiger partial charge in [0.2, 0.25) is 5.78 Å². The van der Waals surface area contributed by atoms with E-state index in [0.717, 1.165) is 5.56 Å². The summed E-state index contributed by atoms with van der Waals surface area (Å²) in [5.74, 6) is 0.0692. The molecule has 0 heterocycles. The van der Waals surface area contributed by atoms with E-state index in [1.165, 1.54) is 12.1 Å². The van der Waals surface area contributed by atoms with Crippen LogP contribution in [0.3, 0.4) is 0 Å². The molecule has 0 spiro atoms. The largest absolute Gasteiger partial charge is 0.508 e. The lowest BCUT2D eigenvalue weighted by Gasteiger charge is -2.10. The van der Waals surface area contributed by atoms with Crippen molar-refractivity contribution in [3.05, 3.63) is 53.1 Å². The number of carbonyl (C=O) groups excluding carboxylic acids is 1. The molecule has 0 bridgehead atoms. The molecule has 0 aliphatic heterocycles. The number of ether oxygens (including phenoxy) is 1. The normalized spacial score (nSPS) is 10.4. The summed E-state index contributed by atoms with van der Waals surface area (Å²) in [4.78, 5) is 12.2. The maximum atomic E-state index is 12.2. The van der Waals surface area contributed by atoms with Crippen LogP contribution in [0.4, 0.5) is 0 Å². The summed E-state index contributed by atoms with van der Waals surface area (Å²) in [5, 5.41) is 19.4. The summed E-state index contributed by atoms with van der Waals surface area (Å²) < 4.78 is 5.49. The fourth-order valence-electron chi connectivity index (χ4n) is 2.07. The summed E-state index contributed by atoms with van der Waals surface area (Å²) in [6.45, 7) is 3.60. The lowest BCUT2D eigenvalue weighted by atomic mass is 10.0. The van der Waals surface area contributed by atoms with Gasteiger partial charge in [-0.05, 0) is 36.6 Å². The Kier molecular flexibility index (Phi) is 4.48. The Bertz CT molecular complexity index is 662. The lowest BCUT2D eigenvalue weighted by Crippen LogP contribution is -2.12. The van der Waals surface area contributed by atoms with E-state index in [9.17, 15) is 15.0 Å². The van der Waals surface area contributed by atoms with Crippen LogP contribution >= 0.6 is 0 Å². The molecule has 21 heavy (non-hydrogen) atoms. The van der Waals surface area contributed by atoms with Gasteiger partial charge in [0.05, 0.1) is 5.56 Å². The minimum atomic E-state index is -0.328. The van der Waals surface area contributed by atoms with Crippen molar-refractivity contribution in [1.29, 1.82) is 0 Å². The van der Waals surface area contributed by atoms with E-state index in [1.807, 2.05) is 32.0 Å². The highest BCUT2D eigenvalue weighted by atomic mass is 16.5. The molecule has 0 unspecified atom stereocenters. The van der Waals surface area contributed by atoms with E-state index < -0.39 is 0 Å². The van der Waals surface area contributed by atoms with Crippen molar-refractivity contribution in [1.82, 2.24) is 0 Å². The summed E-state index contributed by atoms with van der Waals surface area (Å²) in [6.07, 6.45) is 0.574. The van der Waals surface area contributed by atoms with Gasteiger partial charge in [-0.1, -0.05) is 25.1 Å². The van der Waals surface area contributed by atoms with Gasteiger partial charge in [0.1, 0.15) is 17.2 Å². The number of ketones is 1. The van der Waals surface area contributed by atoms with Gasteiger partial charge < -0.3 is 14.9 Å². The van der Waals surface area contributed by atoms with Gasteiger partial charge in [0.15, 0.2) is 6.61 Å². The van der Waals surface area contributed by atoms with Crippen LogP contribution in [0.15, 0.2) is 36.4 Å². The van der Waals surface area contributed by atoms with E-state index in [1.54, 1.807) is 6.07 Å². The average Bonchev–Trinajstić information content (AvgIpc) is 2.46.